The lowest BCUT2D eigenvalue weighted by Crippen LogP contribution is -2.51. The summed E-state index contributed by atoms with van der Waals surface area (Å²) >= 11 is 0. The molecule has 2 atom stereocenters. The fourth-order valence-corrected chi connectivity index (χ4v) is 1.98. The third kappa shape index (κ3) is 3.87. The Kier molecular flexibility index (Phi) is 5.06. The largest absolute Gasteiger partial charge is 0.468 e. The quantitative estimate of drug-likeness (QED) is 0.729. The van der Waals surface area contributed by atoms with Gasteiger partial charge in [-0.05, 0) is 12.1 Å². The van der Waals surface area contributed by atoms with Crippen LogP contribution in [0.1, 0.15) is 11.3 Å². The predicted molar refractivity (Wildman–Crippen MR) is 74.7 cm³/mol. The normalized spacial score (nSPS) is 14.9. The summed E-state index contributed by atoms with van der Waals surface area (Å²) in [5.74, 6) is -2.64. The highest BCUT2D eigenvalue weighted by Gasteiger charge is 2.42. The van der Waals surface area contributed by atoms with Gasteiger partial charge < -0.3 is 20.6 Å². The van der Waals surface area contributed by atoms with Gasteiger partial charge in [-0.1, -0.05) is 30.3 Å². The average Bonchev–Trinajstić information content (AvgIpc) is 3.00. The van der Waals surface area contributed by atoms with Crippen LogP contribution in [0.3, 0.4) is 0 Å². The van der Waals surface area contributed by atoms with Crippen LogP contribution in [0, 0.1) is 0 Å². The Labute approximate surface area is 121 Å². The van der Waals surface area contributed by atoms with Crippen LogP contribution in [0.25, 0.3) is 0 Å². The molecule has 2 aromatic rings. The van der Waals surface area contributed by atoms with Gasteiger partial charge in [0.25, 0.3) is 5.92 Å². The molecule has 4 N–H and O–H groups in total. The topological polar surface area (TPSA) is 71.4 Å². The summed E-state index contributed by atoms with van der Waals surface area (Å²) in [7, 11) is 0. The molecule has 0 amide bonds. The van der Waals surface area contributed by atoms with Crippen LogP contribution in [0.2, 0.25) is 0 Å². The molecule has 6 heteroatoms. The number of aliphatic hydroxyl groups excluding tert-OH is 1. The van der Waals surface area contributed by atoms with Crippen molar-refractivity contribution >= 4 is 0 Å². The Morgan fingerprint density at radius 3 is 2.52 bits per heavy atom. The number of alkyl halides is 2. The van der Waals surface area contributed by atoms with E-state index in [0.29, 0.717) is 12.3 Å². The smallest absolute Gasteiger partial charge is 0.290 e. The van der Waals surface area contributed by atoms with Gasteiger partial charge in [-0.2, -0.15) is 8.78 Å². The Hall–Kier alpha value is -1.76. The lowest BCUT2D eigenvalue weighted by molar-refractivity contribution is -0.0702. The van der Waals surface area contributed by atoms with Crippen LogP contribution in [0.15, 0.2) is 53.1 Å². The summed E-state index contributed by atoms with van der Waals surface area (Å²) in [6.45, 7) is 0.290. The zero-order valence-electron chi connectivity index (χ0n) is 11.4. The summed E-state index contributed by atoms with van der Waals surface area (Å²) < 4.78 is 33.4. The standard InChI is InChI=1S/C15H18F2N2O2/c16-15(17,11-5-2-1-3-6-11)14(18)13(20)10-19-9-12-7-4-8-21-12/h1-8,13-14,19-20H,9-10,18H2. The molecule has 2 unspecified atom stereocenters. The molecular weight excluding hydrogens is 278 g/mol. The number of nitrogens with two attached hydrogens (primary N) is 1. The second-order valence-corrected chi connectivity index (χ2v) is 4.79. The number of hydrogen-bond donors (Lipinski definition) is 3. The SMILES string of the molecule is NC(C(O)CNCc1ccco1)C(F)(F)c1ccccc1. The summed E-state index contributed by atoms with van der Waals surface area (Å²) in [6, 6.07) is 9.04. The number of rotatable bonds is 7. The molecule has 0 saturated carbocycles. The molecule has 0 spiro atoms. The monoisotopic (exact) mass is 296 g/mol. The lowest BCUT2D eigenvalue weighted by Gasteiger charge is -2.28. The number of furan rings is 1. The van der Waals surface area contributed by atoms with Crippen LogP contribution in [0.4, 0.5) is 8.78 Å². The lowest BCUT2D eigenvalue weighted by atomic mass is 9.97. The Morgan fingerprint density at radius 2 is 1.90 bits per heavy atom. The second-order valence-electron chi connectivity index (χ2n) is 4.79. The van der Waals surface area contributed by atoms with Crippen LogP contribution in [-0.4, -0.2) is 23.8 Å². The van der Waals surface area contributed by atoms with Crippen LogP contribution >= 0.6 is 0 Å². The minimum atomic E-state index is -3.30. The number of nitrogens with one attached hydrogen (secondary N) is 1. The molecule has 1 aromatic carbocycles. The molecule has 0 aliphatic heterocycles. The number of aliphatic hydroxyl groups is 1. The van der Waals surface area contributed by atoms with Gasteiger partial charge in [0, 0.05) is 12.1 Å². The predicted octanol–water partition coefficient (Wildman–Crippen LogP) is 1.85. The van der Waals surface area contributed by atoms with Crippen molar-refractivity contribution in [2.75, 3.05) is 6.54 Å². The van der Waals surface area contributed by atoms with E-state index >= 15 is 0 Å². The second kappa shape index (κ2) is 6.80. The van der Waals surface area contributed by atoms with Gasteiger partial charge >= 0.3 is 0 Å². The minimum absolute atomic E-state index is 0.0513. The van der Waals surface area contributed by atoms with E-state index in [1.54, 1.807) is 18.2 Å². The van der Waals surface area contributed by atoms with E-state index in [9.17, 15) is 13.9 Å². The molecule has 0 bridgehead atoms. The number of hydrogen-bond acceptors (Lipinski definition) is 4. The first-order chi connectivity index (χ1) is 10.0. The van der Waals surface area contributed by atoms with E-state index in [4.69, 9.17) is 10.2 Å². The van der Waals surface area contributed by atoms with Crippen LogP contribution in [-0.2, 0) is 12.5 Å². The molecule has 114 valence electrons. The van der Waals surface area contributed by atoms with Crippen LogP contribution in [0.5, 0.6) is 0 Å². The Bertz CT molecular complexity index is 532. The Morgan fingerprint density at radius 1 is 1.19 bits per heavy atom. The zero-order chi connectivity index (χ0) is 15.3. The maximum absolute atomic E-state index is 14.2. The molecule has 0 aliphatic rings. The molecule has 0 fully saturated rings. The van der Waals surface area contributed by atoms with Crippen molar-refractivity contribution in [2.45, 2.75) is 24.6 Å². The molecule has 21 heavy (non-hydrogen) atoms. The van der Waals surface area contributed by atoms with Crippen molar-refractivity contribution in [3.05, 3.63) is 60.1 Å². The molecule has 0 saturated heterocycles. The first-order valence-electron chi connectivity index (χ1n) is 6.62. The van der Waals surface area contributed by atoms with E-state index in [-0.39, 0.29) is 12.1 Å². The van der Waals surface area contributed by atoms with Gasteiger partial charge in [0.2, 0.25) is 0 Å². The van der Waals surface area contributed by atoms with E-state index in [0.717, 1.165) is 0 Å². The first-order valence-corrected chi connectivity index (χ1v) is 6.62. The van der Waals surface area contributed by atoms with Gasteiger partial charge in [-0.3, -0.25) is 0 Å². The third-order valence-corrected chi connectivity index (χ3v) is 3.22. The molecule has 1 heterocycles. The Balaban J connectivity index is 1.90. The van der Waals surface area contributed by atoms with Gasteiger partial charge in [0.05, 0.1) is 18.9 Å². The molecule has 2 rings (SSSR count). The number of benzene rings is 1. The summed E-state index contributed by atoms with van der Waals surface area (Å²) in [6.07, 6.45) is 0.137. The highest BCUT2D eigenvalue weighted by atomic mass is 19.3. The first kappa shape index (κ1) is 15.6. The van der Waals surface area contributed by atoms with E-state index in [1.807, 2.05) is 0 Å². The molecule has 0 aliphatic carbocycles. The maximum Gasteiger partial charge on any atom is 0.290 e. The molecule has 1 aromatic heterocycles. The van der Waals surface area contributed by atoms with Crippen LogP contribution < -0.4 is 11.1 Å². The number of halogens is 2. The molecule has 4 nitrogen and oxygen atoms in total. The fourth-order valence-electron chi connectivity index (χ4n) is 1.98. The maximum atomic E-state index is 14.2. The van der Waals surface area contributed by atoms with E-state index in [1.165, 1.54) is 30.5 Å². The van der Waals surface area contributed by atoms with E-state index in [2.05, 4.69) is 5.32 Å². The molecule has 0 radical (unpaired) electrons. The van der Waals surface area contributed by atoms with Gasteiger partial charge in [0.15, 0.2) is 0 Å². The van der Waals surface area contributed by atoms with Crippen molar-refractivity contribution in [1.82, 2.24) is 5.32 Å². The zero-order valence-corrected chi connectivity index (χ0v) is 11.4. The van der Waals surface area contributed by atoms with Crippen molar-refractivity contribution in [1.29, 1.82) is 0 Å². The van der Waals surface area contributed by atoms with Crippen molar-refractivity contribution in [2.24, 2.45) is 5.73 Å². The van der Waals surface area contributed by atoms with Gasteiger partial charge in [-0.25, -0.2) is 0 Å². The fraction of sp³-hybridized carbons (Fsp3) is 0.333. The summed E-state index contributed by atoms with van der Waals surface area (Å²) in [5.41, 5.74) is 5.32. The minimum Gasteiger partial charge on any atom is -0.468 e. The van der Waals surface area contributed by atoms with Gasteiger partial charge in [-0.15, -0.1) is 0 Å². The van der Waals surface area contributed by atoms with Crippen molar-refractivity contribution < 1.29 is 18.3 Å². The third-order valence-electron chi connectivity index (χ3n) is 3.22. The molecular formula is C15H18F2N2O2. The average molecular weight is 296 g/mol. The van der Waals surface area contributed by atoms with E-state index < -0.39 is 18.1 Å². The highest BCUT2D eigenvalue weighted by molar-refractivity contribution is 5.22. The summed E-state index contributed by atoms with van der Waals surface area (Å²) in [5, 5.41) is 12.7. The van der Waals surface area contributed by atoms with Crippen molar-refractivity contribution in [3.8, 4) is 0 Å². The van der Waals surface area contributed by atoms with Gasteiger partial charge in [0.1, 0.15) is 11.8 Å². The summed E-state index contributed by atoms with van der Waals surface area (Å²) in [4.78, 5) is 0. The van der Waals surface area contributed by atoms with Crippen molar-refractivity contribution in [3.63, 3.8) is 0 Å². The highest BCUT2D eigenvalue weighted by Crippen LogP contribution is 2.31.